The van der Waals surface area contributed by atoms with Gasteiger partial charge in [-0.2, -0.15) is 0 Å². The number of furan rings is 1. The molecule has 0 saturated heterocycles. The number of hydrogen-bond donors (Lipinski definition) is 2. The van der Waals surface area contributed by atoms with Crippen molar-refractivity contribution in [2.24, 2.45) is 0 Å². The Hall–Kier alpha value is -2.76. The third kappa shape index (κ3) is 1.43. The van der Waals surface area contributed by atoms with E-state index in [9.17, 15) is 9.90 Å². The number of rotatable bonds is 2. The van der Waals surface area contributed by atoms with Crippen LogP contribution in [0.3, 0.4) is 0 Å². The minimum absolute atomic E-state index is 0.0177. The van der Waals surface area contributed by atoms with Crippen LogP contribution in [-0.4, -0.2) is 25.6 Å². The van der Waals surface area contributed by atoms with Crippen LogP contribution < -0.4 is 0 Å². The minimum atomic E-state index is -1.16. The van der Waals surface area contributed by atoms with Crippen LogP contribution >= 0.6 is 0 Å². The van der Waals surface area contributed by atoms with E-state index in [2.05, 4.69) is 4.98 Å². The summed E-state index contributed by atoms with van der Waals surface area (Å²) in [5, 5.41) is 18.5. The van der Waals surface area contributed by atoms with E-state index in [1.165, 1.54) is 18.4 Å². The molecule has 3 aromatic heterocycles. The van der Waals surface area contributed by atoms with Crippen LogP contribution in [0.1, 0.15) is 10.5 Å². The van der Waals surface area contributed by atoms with Crippen molar-refractivity contribution >= 4 is 11.5 Å². The van der Waals surface area contributed by atoms with Crippen LogP contribution in [0.2, 0.25) is 0 Å². The maximum atomic E-state index is 11.1. The molecule has 0 radical (unpaired) electrons. The minimum Gasteiger partial charge on any atom is -0.508 e. The summed E-state index contributed by atoms with van der Waals surface area (Å²) in [6.07, 6.45) is 3.03. The fraction of sp³-hybridized carbons (Fsp3) is 0. The molecule has 6 nitrogen and oxygen atoms in total. The molecule has 0 fully saturated rings. The highest BCUT2D eigenvalue weighted by Gasteiger charge is 2.19. The molecule has 3 aromatic rings. The van der Waals surface area contributed by atoms with E-state index in [4.69, 9.17) is 9.52 Å². The predicted molar refractivity (Wildman–Crippen MR) is 61.5 cm³/mol. The van der Waals surface area contributed by atoms with Crippen molar-refractivity contribution in [1.82, 2.24) is 9.38 Å². The monoisotopic (exact) mass is 244 g/mol. The van der Waals surface area contributed by atoms with Gasteiger partial charge in [0.15, 0.2) is 17.3 Å². The van der Waals surface area contributed by atoms with Crippen LogP contribution in [0.4, 0.5) is 0 Å². The Kier molecular flexibility index (Phi) is 2.09. The summed E-state index contributed by atoms with van der Waals surface area (Å²) >= 11 is 0. The molecule has 0 bridgehead atoms. The van der Waals surface area contributed by atoms with E-state index < -0.39 is 5.97 Å². The fourth-order valence-corrected chi connectivity index (χ4v) is 1.81. The Morgan fingerprint density at radius 2 is 2.22 bits per heavy atom. The van der Waals surface area contributed by atoms with E-state index in [-0.39, 0.29) is 11.4 Å². The van der Waals surface area contributed by atoms with Crippen molar-refractivity contribution in [2.75, 3.05) is 0 Å². The topological polar surface area (TPSA) is 88.0 Å². The van der Waals surface area contributed by atoms with Gasteiger partial charge in [-0.05, 0) is 18.2 Å². The van der Waals surface area contributed by atoms with Crippen molar-refractivity contribution in [1.29, 1.82) is 0 Å². The second kappa shape index (κ2) is 3.63. The molecule has 0 aliphatic carbocycles. The number of hydrogen-bond acceptors (Lipinski definition) is 4. The van der Waals surface area contributed by atoms with Gasteiger partial charge in [-0.25, -0.2) is 9.78 Å². The van der Waals surface area contributed by atoms with Gasteiger partial charge in [0.25, 0.3) is 0 Å². The summed E-state index contributed by atoms with van der Waals surface area (Å²) in [7, 11) is 0. The first-order chi connectivity index (χ1) is 8.66. The molecule has 0 amide bonds. The van der Waals surface area contributed by atoms with Gasteiger partial charge in [-0.15, -0.1) is 0 Å². The number of pyridine rings is 1. The first-order valence-electron chi connectivity index (χ1n) is 5.15. The summed E-state index contributed by atoms with van der Waals surface area (Å²) in [6.45, 7) is 0. The Bertz CT molecular complexity index is 728. The van der Waals surface area contributed by atoms with E-state index in [0.29, 0.717) is 17.1 Å². The van der Waals surface area contributed by atoms with Crippen LogP contribution in [0.15, 0.2) is 41.1 Å². The molecule has 0 aliphatic heterocycles. The van der Waals surface area contributed by atoms with Gasteiger partial charge in [0.2, 0.25) is 0 Å². The number of carboxylic acid groups (broad SMARTS) is 1. The smallest absolute Gasteiger partial charge is 0.356 e. The van der Waals surface area contributed by atoms with Gasteiger partial charge < -0.3 is 14.6 Å². The molecule has 3 rings (SSSR count). The van der Waals surface area contributed by atoms with Gasteiger partial charge in [-0.3, -0.25) is 4.40 Å². The number of aromatic carboxylic acids is 1. The first-order valence-corrected chi connectivity index (χ1v) is 5.15. The predicted octanol–water partition coefficient (Wildman–Crippen LogP) is 2.00. The standard InChI is InChI=1S/C12H8N2O4/c15-7-3-4-14-8(6-7)10(12(16)17)13-11(14)9-2-1-5-18-9/h1-6,15H,(H,16,17). The lowest BCUT2D eigenvalue weighted by atomic mass is 10.3. The normalized spacial score (nSPS) is 10.9. The summed E-state index contributed by atoms with van der Waals surface area (Å²) < 4.78 is 6.77. The Labute approximate surface area is 101 Å². The van der Waals surface area contributed by atoms with Gasteiger partial charge >= 0.3 is 5.97 Å². The maximum Gasteiger partial charge on any atom is 0.356 e. The molecule has 90 valence electrons. The number of aromatic hydroxyl groups is 1. The highest BCUT2D eigenvalue weighted by Crippen LogP contribution is 2.25. The molecule has 3 heterocycles. The Balaban J connectivity index is 2.37. The number of nitrogens with zero attached hydrogens (tertiary/aromatic N) is 2. The van der Waals surface area contributed by atoms with Crippen LogP contribution in [0, 0.1) is 0 Å². The van der Waals surface area contributed by atoms with Crippen LogP contribution in [0.5, 0.6) is 5.75 Å². The number of aromatic nitrogens is 2. The summed E-state index contributed by atoms with van der Waals surface area (Å²) in [6, 6.07) is 6.18. The Morgan fingerprint density at radius 1 is 1.39 bits per heavy atom. The zero-order chi connectivity index (χ0) is 12.7. The molecular weight excluding hydrogens is 236 g/mol. The summed E-state index contributed by atoms with van der Waals surface area (Å²) in [5.74, 6) is -0.331. The van der Waals surface area contributed by atoms with E-state index in [1.54, 1.807) is 22.7 Å². The van der Waals surface area contributed by atoms with Crippen molar-refractivity contribution in [3.8, 4) is 17.3 Å². The largest absolute Gasteiger partial charge is 0.508 e. The summed E-state index contributed by atoms with van der Waals surface area (Å²) in [4.78, 5) is 15.2. The molecule has 2 N–H and O–H groups in total. The summed E-state index contributed by atoms with van der Waals surface area (Å²) in [5.41, 5.74) is 0.186. The number of fused-ring (bicyclic) bond motifs is 1. The van der Waals surface area contributed by atoms with E-state index in [0.717, 1.165) is 0 Å². The highest BCUT2D eigenvalue weighted by atomic mass is 16.4. The number of carbonyl (C=O) groups is 1. The van der Waals surface area contributed by atoms with Gasteiger partial charge in [0.05, 0.1) is 11.8 Å². The van der Waals surface area contributed by atoms with Gasteiger partial charge in [0, 0.05) is 12.3 Å². The molecule has 0 atom stereocenters. The van der Waals surface area contributed by atoms with E-state index >= 15 is 0 Å². The van der Waals surface area contributed by atoms with Crippen LogP contribution in [-0.2, 0) is 0 Å². The molecule has 0 aliphatic rings. The maximum absolute atomic E-state index is 11.1. The Morgan fingerprint density at radius 3 is 2.89 bits per heavy atom. The van der Waals surface area contributed by atoms with Gasteiger partial charge in [0.1, 0.15) is 5.75 Å². The number of carboxylic acids is 1. The molecular formula is C12H8N2O4. The van der Waals surface area contributed by atoms with Crippen molar-refractivity contribution in [2.45, 2.75) is 0 Å². The lowest BCUT2D eigenvalue weighted by Crippen LogP contribution is -1.97. The van der Waals surface area contributed by atoms with Crippen molar-refractivity contribution < 1.29 is 19.4 Å². The lowest BCUT2D eigenvalue weighted by molar-refractivity contribution is 0.0693. The second-order valence-corrected chi connectivity index (χ2v) is 3.71. The molecule has 18 heavy (non-hydrogen) atoms. The average Bonchev–Trinajstić information content (AvgIpc) is 2.93. The lowest BCUT2D eigenvalue weighted by Gasteiger charge is -1.98. The van der Waals surface area contributed by atoms with Gasteiger partial charge in [-0.1, -0.05) is 0 Å². The second-order valence-electron chi connectivity index (χ2n) is 3.71. The molecule has 0 saturated carbocycles. The molecule has 6 heteroatoms. The SMILES string of the molecule is O=C(O)c1nc(-c2ccco2)n2ccc(O)cc12. The zero-order valence-electron chi connectivity index (χ0n) is 9.07. The molecule has 0 spiro atoms. The zero-order valence-corrected chi connectivity index (χ0v) is 9.07. The highest BCUT2D eigenvalue weighted by molar-refractivity contribution is 5.95. The van der Waals surface area contributed by atoms with E-state index in [1.807, 2.05) is 0 Å². The molecule has 0 aromatic carbocycles. The van der Waals surface area contributed by atoms with Crippen molar-refractivity contribution in [3.63, 3.8) is 0 Å². The number of imidazole rings is 1. The quantitative estimate of drug-likeness (QED) is 0.719. The fourth-order valence-electron chi connectivity index (χ4n) is 1.81. The third-order valence-corrected chi connectivity index (χ3v) is 2.57. The van der Waals surface area contributed by atoms with Crippen LogP contribution in [0.25, 0.3) is 17.1 Å². The third-order valence-electron chi connectivity index (χ3n) is 2.57. The molecule has 0 unspecified atom stereocenters. The average molecular weight is 244 g/mol. The van der Waals surface area contributed by atoms with Crippen molar-refractivity contribution in [3.05, 3.63) is 42.4 Å². The first kappa shape index (κ1) is 10.4.